The lowest BCUT2D eigenvalue weighted by Crippen LogP contribution is -2.60. The molecule has 3 amide bonds. The molecular weight excluding hydrogens is 446 g/mol. The predicted molar refractivity (Wildman–Crippen MR) is 123 cm³/mol. The van der Waals surface area contributed by atoms with Gasteiger partial charge in [0.25, 0.3) is 0 Å². The van der Waals surface area contributed by atoms with Gasteiger partial charge in [-0.2, -0.15) is 0 Å². The SMILES string of the molecule is CC(O)C(NC(=O)C(N)CCCCN)C(=O)NC(CO)C(=O)NC(Cc1ccccc1)C(=O)O. The molecule has 1 rings (SSSR count). The molecule has 0 aliphatic rings. The molecule has 0 fully saturated rings. The maximum atomic E-state index is 12.6. The summed E-state index contributed by atoms with van der Waals surface area (Å²) in [6, 6.07) is 3.42. The Kier molecular flexibility index (Phi) is 12.7. The van der Waals surface area contributed by atoms with E-state index in [1.807, 2.05) is 0 Å². The van der Waals surface area contributed by atoms with Crippen molar-refractivity contribution in [2.75, 3.05) is 13.2 Å². The third kappa shape index (κ3) is 9.83. The summed E-state index contributed by atoms with van der Waals surface area (Å²) in [6.45, 7) is 0.874. The van der Waals surface area contributed by atoms with E-state index in [1.54, 1.807) is 30.3 Å². The van der Waals surface area contributed by atoms with Crippen molar-refractivity contribution >= 4 is 23.7 Å². The molecule has 0 aromatic heterocycles. The Morgan fingerprint density at radius 1 is 0.941 bits per heavy atom. The number of hydrogen-bond donors (Lipinski definition) is 8. The van der Waals surface area contributed by atoms with Gasteiger partial charge in [0, 0.05) is 6.42 Å². The number of hydrogen-bond acceptors (Lipinski definition) is 8. The molecule has 10 N–H and O–H groups in total. The minimum atomic E-state index is -1.51. The van der Waals surface area contributed by atoms with Gasteiger partial charge in [0.15, 0.2) is 0 Å². The first-order chi connectivity index (χ1) is 16.1. The first-order valence-corrected chi connectivity index (χ1v) is 11.0. The van der Waals surface area contributed by atoms with Gasteiger partial charge in [-0.1, -0.05) is 36.8 Å². The van der Waals surface area contributed by atoms with Crippen molar-refractivity contribution in [3.63, 3.8) is 0 Å². The largest absolute Gasteiger partial charge is 0.480 e. The Hall–Kier alpha value is -3.06. The lowest BCUT2D eigenvalue weighted by atomic mass is 10.1. The number of aliphatic hydroxyl groups excluding tert-OH is 2. The van der Waals surface area contributed by atoms with Crippen LogP contribution in [0.25, 0.3) is 0 Å². The number of carboxylic acids is 1. The molecular formula is C22H35N5O7. The van der Waals surface area contributed by atoms with Gasteiger partial charge >= 0.3 is 5.97 Å². The molecule has 190 valence electrons. The van der Waals surface area contributed by atoms with Gasteiger partial charge < -0.3 is 42.7 Å². The molecule has 0 spiro atoms. The van der Waals surface area contributed by atoms with E-state index < -0.39 is 60.6 Å². The Labute approximate surface area is 198 Å². The van der Waals surface area contributed by atoms with Gasteiger partial charge in [0.2, 0.25) is 17.7 Å². The summed E-state index contributed by atoms with van der Waals surface area (Å²) in [5.41, 5.74) is 11.9. The van der Waals surface area contributed by atoms with Gasteiger partial charge in [-0.25, -0.2) is 4.79 Å². The fraction of sp³-hybridized carbons (Fsp3) is 0.545. The van der Waals surface area contributed by atoms with E-state index in [-0.39, 0.29) is 6.42 Å². The highest BCUT2D eigenvalue weighted by molar-refractivity contribution is 5.94. The van der Waals surface area contributed by atoms with Crippen LogP contribution in [0.3, 0.4) is 0 Å². The number of benzene rings is 1. The van der Waals surface area contributed by atoms with E-state index in [9.17, 15) is 34.5 Å². The first kappa shape index (κ1) is 29.0. The zero-order valence-corrected chi connectivity index (χ0v) is 19.1. The van der Waals surface area contributed by atoms with E-state index in [0.29, 0.717) is 31.4 Å². The number of aliphatic hydroxyl groups is 2. The van der Waals surface area contributed by atoms with Gasteiger partial charge in [-0.3, -0.25) is 14.4 Å². The molecule has 0 bridgehead atoms. The number of carbonyl (C=O) groups is 4. The van der Waals surface area contributed by atoms with Crippen LogP contribution in [0.2, 0.25) is 0 Å². The monoisotopic (exact) mass is 481 g/mol. The highest BCUT2D eigenvalue weighted by atomic mass is 16.4. The van der Waals surface area contributed by atoms with Gasteiger partial charge in [0.1, 0.15) is 18.1 Å². The van der Waals surface area contributed by atoms with Crippen LogP contribution in [0.5, 0.6) is 0 Å². The summed E-state index contributed by atoms with van der Waals surface area (Å²) >= 11 is 0. The van der Waals surface area contributed by atoms with Crippen LogP contribution in [0.15, 0.2) is 30.3 Å². The highest BCUT2D eigenvalue weighted by Gasteiger charge is 2.32. The summed E-state index contributed by atoms with van der Waals surface area (Å²) in [5.74, 6) is -3.84. The fourth-order valence-electron chi connectivity index (χ4n) is 3.08. The molecule has 12 heteroatoms. The molecule has 0 saturated heterocycles. The lowest BCUT2D eigenvalue weighted by molar-refractivity contribution is -0.142. The average Bonchev–Trinajstić information content (AvgIpc) is 2.80. The predicted octanol–water partition coefficient (Wildman–Crippen LogP) is -2.40. The zero-order valence-electron chi connectivity index (χ0n) is 19.1. The molecule has 0 saturated carbocycles. The Balaban J connectivity index is 2.78. The molecule has 12 nitrogen and oxygen atoms in total. The van der Waals surface area contributed by atoms with Crippen LogP contribution in [0, 0.1) is 0 Å². The Bertz CT molecular complexity index is 806. The van der Waals surface area contributed by atoms with Crippen LogP contribution < -0.4 is 27.4 Å². The topological polar surface area (TPSA) is 217 Å². The van der Waals surface area contributed by atoms with Crippen molar-refractivity contribution in [3.05, 3.63) is 35.9 Å². The average molecular weight is 482 g/mol. The number of carbonyl (C=O) groups excluding carboxylic acids is 3. The number of rotatable bonds is 15. The lowest BCUT2D eigenvalue weighted by Gasteiger charge is -2.25. The van der Waals surface area contributed by atoms with Crippen molar-refractivity contribution in [1.82, 2.24) is 16.0 Å². The molecule has 0 aliphatic heterocycles. The quantitative estimate of drug-likeness (QED) is 0.125. The normalized spacial score (nSPS) is 15.3. The van der Waals surface area contributed by atoms with Crippen LogP contribution >= 0.6 is 0 Å². The number of amides is 3. The van der Waals surface area contributed by atoms with Crippen molar-refractivity contribution in [2.24, 2.45) is 11.5 Å². The summed E-state index contributed by atoms with van der Waals surface area (Å²) in [4.78, 5) is 49.1. The number of carboxylic acid groups (broad SMARTS) is 1. The number of nitrogens with one attached hydrogen (secondary N) is 3. The van der Waals surface area contributed by atoms with E-state index in [4.69, 9.17) is 11.5 Å². The van der Waals surface area contributed by atoms with Crippen molar-refractivity contribution in [3.8, 4) is 0 Å². The molecule has 1 aromatic rings. The zero-order chi connectivity index (χ0) is 25.7. The standard InChI is InChI=1S/C22H35N5O7/c1-13(29)18(27-19(30)15(24)9-5-6-10-23)21(32)26-17(12-28)20(31)25-16(22(33)34)11-14-7-3-2-4-8-14/h2-4,7-8,13,15-18,28-29H,5-6,9-12,23-24H2,1H3,(H,25,31)(H,26,32)(H,27,30)(H,33,34). The molecule has 1 aromatic carbocycles. The molecule has 0 aliphatic carbocycles. The van der Waals surface area contributed by atoms with Crippen LogP contribution in [-0.4, -0.2) is 82.4 Å². The van der Waals surface area contributed by atoms with Gasteiger partial charge in [-0.05, 0) is 31.9 Å². The Morgan fingerprint density at radius 2 is 1.56 bits per heavy atom. The summed E-state index contributed by atoms with van der Waals surface area (Å²) in [5, 5.41) is 35.8. The van der Waals surface area contributed by atoms with Gasteiger partial charge in [-0.15, -0.1) is 0 Å². The molecule has 5 atom stereocenters. The first-order valence-electron chi connectivity index (χ1n) is 11.0. The van der Waals surface area contributed by atoms with Crippen molar-refractivity contribution in [2.45, 2.75) is 62.9 Å². The number of nitrogens with two attached hydrogens (primary N) is 2. The second-order valence-electron chi connectivity index (χ2n) is 7.95. The summed E-state index contributed by atoms with van der Waals surface area (Å²) in [7, 11) is 0. The number of aliphatic carboxylic acids is 1. The van der Waals surface area contributed by atoms with E-state index in [0.717, 1.165) is 0 Å². The smallest absolute Gasteiger partial charge is 0.326 e. The van der Waals surface area contributed by atoms with Crippen LogP contribution in [0.1, 0.15) is 31.7 Å². The van der Waals surface area contributed by atoms with E-state index in [2.05, 4.69) is 16.0 Å². The maximum absolute atomic E-state index is 12.6. The molecule has 0 heterocycles. The second kappa shape index (κ2) is 15.0. The van der Waals surface area contributed by atoms with Gasteiger partial charge in [0.05, 0.1) is 18.8 Å². The third-order valence-corrected chi connectivity index (χ3v) is 5.08. The fourth-order valence-corrected chi connectivity index (χ4v) is 3.08. The third-order valence-electron chi connectivity index (χ3n) is 5.08. The second-order valence-corrected chi connectivity index (χ2v) is 7.95. The minimum absolute atomic E-state index is 0.0115. The molecule has 0 radical (unpaired) electrons. The highest BCUT2D eigenvalue weighted by Crippen LogP contribution is 2.05. The van der Waals surface area contributed by atoms with Crippen molar-refractivity contribution < 1.29 is 34.5 Å². The maximum Gasteiger partial charge on any atom is 0.326 e. The summed E-state index contributed by atoms with van der Waals surface area (Å²) < 4.78 is 0. The van der Waals surface area contributed by atoms with Crippen LogP contribution in [-0.2, 0) is 25.6 Å². The summed E-state index contributed by atoms with van der Waals surface area (Å²) in [6.07, 6.45) is 0.263. The van der Waals surface area contributed by atoms with Crippen molar-refractivity contribution in [1.29, 1.82) is 0 Å². The van der Waals surface area contributed by atoms with E-state index in [1.165, 1.54) is 6.92 Å². The Morgan fingerprint density at radius 3 is 2.09 bits per heavy atom. The molecule has 5 unspecified atom stereocenters. The number of unbranched alkanes of at least 4 members (excludes halogenated alkanes) is 1. The van der Waals surface area contributed by atoms with E-state index >= 15 is 0 Å². The minimum Gasteiger partial charge on any atom is -0.480 e. The molecule has 34 heavy (non-hydrogen) atoms. The van der Waals surface area contributed by atoms with Crippen LogP contribution in [0.4, 0.5) is 0 Å².